The van der Waals surface area contributed by atoms with Crippen LogP contribution in [0.2, 0.25) is 0 Å². The lowest BCUT2D eigenvalue weighted by atomic mass is 9.88. The zero-order valence-electron chi connectivity index (χ0n) is 12.1. The van der Waals surface area contributed by atoms with Gasteiger partial charge in [0.2, 0.25) is 0 Å². The van der Waals surface area contributed by atoms with Gasteiger partial charge in [-0.1, -0.05) is 34.1 Å². The fourth-order valence-electron chi connectivity index (χ4n) is 1.53. The normalized spacial score (nSPS) is 14.0. The van der Waals surface area contributed by atoms with E-state index in [0.29, 0.717) is 6.54 Å². The molecular weight excluding hydrogens is 236 g/mol. The van der Waals surface area contributed by atoms with E-state index in [9.17, 15) is 8.42 Å². The molecule has 17 heavy (non-hydrogen) atoms. The van der Waals surface area contributed by atoms with Gasteiger partial charge in [-0.3, -0.25) is 0 Å². The second-order valence-corrected chi connectivity index (χ2v) is 7.58. The van der Waals surface area contributed by atoms with Gasteiger partial charge in [-0.2, -0.15) is 13.1 Å². The molecule has 0 unspecified atom stereocenters. The Morgan fingerprint density at radius 3 is 2.00 bits per heavy atom. The highest BCUT2D eigenvalue weighted by molar-refractivity contribution is 7.87. The van der Waals surface area contributed by atoms with Crippen LogP contribution in [0.3, 0.4) is 0 Å². The van der Waals surface area contributed by atoms with Crippen molar-refractivity contribution in [1.29, 1.82) is 0 Å². The van der Waals surface area contributed by atoms with Crippen molar-refractivity contribution in [3.63, 3.8) is 0 Å². The molecule has 0 bridgehead atoms. The summed E-state index contributed by atoms with van der Waals surface area (Å²) in [6.45, 7) is 12.4. The Morgan fingerprint density at radius 2 is 1.59 bits per heavy atom. The summed E-state index contributed by atoms with van der Waals surface area (Å²) in [5.74, 6) is 0. The minimum Gasteiger partial charge on any atom is -0.202 e. The molecule has 0 aliphatic carbocycles. The van der Waals surface area contributed by atoms with Gasteiger partial charge < -0.3 is 0 Å². The van der Waals surface area contributed by atoms with Crippen LogP contribution in [0.1, 0.15) is 60.8 Å². The van der Waals surface area contributed by atoms with E-state index < -0.39 is 15.7 Å². The quantitative estimate of drug-likeness (QED) is 0.707. The van der Waals surface area contributed by atoms with Gasteiger partial charge in [-0.15, -0.1) is 0 Å². The van der Waals surface area contributed by atoms with Crippen LogP contribution < -0.4 is 9.44 Å². The Balaban J connectivity index is 4.38. The monoisotopic (exact) mass is 264 g/mol. The molecule has 2 N–H and O–H groups in total. The first-order valence-electron chi connectivity index (χ1n) is 6.32. The molecular formula is C12H28N2O2S. The molecule has 0 amide bonds. The molecule has 0 saturated carbocycles. The molecule has 0 aromatic rings. The van der Waals surface area contributed by atoms with E-state index in [1.165, 1.54) is 0 Å². The predicted octanol–water partition coefficient (Wildman–Crippen LogP) is 2.43. The van der Waals surface area contributed by atoms with Gasteiger partial charge in [0.15, 0.2) is 0 Å². The minimum atomic E-state index is -3.40. The topological polar surface area (TPSA) is 58.2 Å². The molecule has 0 aliphatic heterocycles. The summed E-state index contributed by atoms with van der Waals surface area (Å²) in [6.07, 6.45) is 2.82. The predicted molar refractivity (Wildman–Crippen MR) is 73.1 cm³/mol. The maximum atomic E-state index is 11.8. The van der Waals surface area contributed by atoms with E-state index in [2.05, 4.69) is 30.2 Å². The maximum absolute atomic E-state index is 11.8. The van der Waals surface area contributed by atoms with Gasteiger partial charge in [0, 0.05) is 12.1 Å². The molecule has 0 aromatic heterocycles. The molecule has 0 aromatic carbocycles. The van der Waals surface area contributed by atoms with Crippen LogP contribution in [0.4, 0.5) is 0 Å². The van der Waals surface area contributed by atoms with Crippen molar-refractivity contribution < 1.29 is 8.42 Å². The molecule has 4 nitrogen and oxygen atoms in total. The third-order valence-corrected chi connectivity index (χ3v) is 4.31. The van der Waals surface area contributed by atoms with Crippen LogP contribution in [-0.4, -0.2) is 20.5 Å². The minimum absolute atomic E-state index is 0.000141. The van der Waals surface area contributed by atoms with Crippen LogP contribution in [0, 0.1) is 5.41 Å². The summed E-state index contributed by atoms with van der Waals surface area (Å²) in [5, 5.41) is 0. The van der Waals surface area contributed by atoms with Gasteiger partial charge in [-0.25, -0.2) is 4.72 Å². The fraction of sp³-hybridized carbons (Fsp3) is 1.00. The van der Waals surface area contributed by atoms with Crippen molar-refractivity contribution in [3.8, 4) is 0 Å². The summed E-state index contributed by atoms with van der Waals surface area (Å²) in [5.41, 5.74) is -0.402. The van der Waals surface area contributed by atoms with E-state index in [-0.39, 0.29) is 5.41 Å². The van der Waals surface area contributed by atoms with Crippen LogP contribution in [-0.2, 0) is 10.2 Å². The average molecular weight is 264 g/mol. The summed E-state index contributed by atoms with van der Waals surface area (Å²) < 4.78 is 29.0. The molecule has 0 heterocycles. The molecule has 5 heteroatoms. The molecule has 0 rings (SSSR count). The number of hydrogen-bond donors (Lipinski definition) is 2. The Hall–Kier alpha value is -0.130. The van der Waals surface area contributed by atoms with Gasteiger partial charge in [0.25, 0.3) is 10.2 Å². The Morgan fingerprint density at radius 1 is 1.06 bits per heavy atom. The lowest BCUT2D eigenvalue weighted by molar-refractivity contribution is 0.328. The largest absolute Gasteiger partial charge is 0.277 e. The number of nitrogens with one attached hydrogen (secondary N) is 2. The molecule has 0 spiro atoms. The van der Waals surface area contributed by atoms with Crippen molar-refractivity contribution in [2.45, 2.75) is 66.3 Å². The first-order valence-corrected chi connectivity index (χ1v) is 7.80. The highest BCUT2D eigenvalue weighted by Gasteiger charge is 2.25. The molecule has 0 fully saturated rings. The fourth-order valence-corrected chi connectivity index (χ4v) is 3.05. The van der Waals surface area contributed by atoms with Crippen molar-refractivity contribution in [1.82, 2.24) is 9.44 Å². The zero-order valence-corrected chi connectivity index (χ0v) is 12.9. The standard InChI is InChI=1S/C12H28N2O2S/c1-7-9-11(3,4)10-13-17(15,16)14-12(5,6)8-2/h13-14H,7-10H2,1-6H3. The van der Waals surface area contributed by atoms with Gasteiger partial charge in [-0.05, 0) is 32.1 Å². The summed E-state index contributed by atoms with van der Waals surface area (Å²) in [7, 11) is -3.40. The molecule has 0 radical (unpaired) electrons. The van der Waals surface area contributed by atoms with E-state index in [0.717, 1.165) is 19.3 Å². The van der Waals surface area contributed by atoms with E-state index in [1.54, 1.807) is 0 Å². The number of hydrogen-bond acceptors (Lipinski definition) is 2. The van der Waals surface area contributed by atoms with Crippen LogP contribution in [0.5, 0.6) is 0 Å². The maximum Gasteiger partial charge on any atom is 0.277 e. The lowest BCUT2D eigenvalue weighted by Gasteiger charge is -2.28. The third kappa shape index (κ3) is 7.73. The second kappa shape index (κ2) is 6.16. The first-order chi connectivity index (χ1) is 7.54. The van der Waals surface area contributed by atoms with Crippen molar-refractivity contribution in [3.05, 3.63) is 0 Å². The smallest absolute Gasteiger partial charge is 0.202 e. The Bertz CT molecular complexity index is 321. The van der Waals surface area contributed by atoms with E-state index in [1.807, 2.05) is 20.8 Å². The molecule has 0 aliphatic rings. The first kappa shape index (κ1) is 16.9. The van der Waals surface area contributed by atoms with E-state index in [4.69, 9.17) is 0 Å². The number of rotatable bonds is 8. The average Bonchev–Trinajstić information content (AvgIpc) is 2.14. The molecule has 104 valence electrons. The second-order valence-electron chi connectivity index (χ2n) is 6.08. The Labute approximate surface area is 107 Å². The third-order valence-electron chi connectivity index (χ3n) is 2.96. The van der Waals surface area contributed by atoms with Gasteiger partial charge in [0.05, 0.1) is 0 Å². The highest BCUT2D eigenvalue weighted by atomic mass is 32.2. The molecule has 0 atom stereocenters. The zero-order chi connectivity index (χ0) is 13.7. The summed E-state index contributed by atoms with van der Waals surface area (Å²) in [6, 6.07) is 0. The van der Waals surface area contributed by atoms with Crippen LogP contribution >= 0.6 is 0 Å². The van der Waals surface area contributed by atoms with Crippen molar-refractivity contribution >= 4 is 10.2 Å². The van der Waals surface area contributed by atoms with Crippen molar-refractivity contribution in [2.24, 2.45) is 5.41 Å². The van der Waals surface area contributed by atoms with Crippen LogP contribution in [0.25, 0.3) is 0 Å². The summed E-state index contributed by atoms with van der Waals surface area (Å²) >= 11 is 0. The van der Waals surface area contributed by atoms with Crippen LogP contribution in [0.15, 0.2) is 0 Å². The molecule has 0 saturated heterocycles. The van der Waals surface area contributed by atoms with E-state index >= 15 is 0 Å². The summed E-state index contributed by atoms with van der Waals surface area (Å²) in [4.78, 5) is 0. The van der Waals surface area contributed by atoms with Crippen molar-refractivity contribution in [2.75, 3.05) is 6.54 Å². The lowest BCUT2D eigenvalue weighted by Crippen LogP contribution is -2.50. The Kier molecular flexibility index (Phi) is 6.11. The SMILES string of the molecule is CCCC(C)(C)CNS(=O)(=O)NC(C)(C)CC. The van der Waals surface area contributed by atoms with Gasteiger partial charge >= 0.3 is 0 Å². The van der Waals surface area contributed by atoms with Gasteiger partial charge in [0.1, 0.15) is 0 Å². The highest BCUT2D eigenvalue weighted by Crippen LogP contribution is 2.21.